The molecule has 2 aliphatic rings. The van der Waals surface area contributed by atoms with Crippen LogP contribution in [0.2, 0.25) is 0 Å². The van der Waals surface area contributed by atoms with Crippen LogP contribution in [-0.2, 0) is 15.0 Å². The molecule has 1 aromatic carbocycles. The fraction of sp³-hybridized carbons (Fsp3) is 0.609. The Morgan fingerprint density at radius 1 is 0.893 bits per heavy atom. The van der Waals surface area contributed by atoms with Crippen molar-refractivity contribution in [3.8, 4) is 0 Å². The second kappa shape index (κ2) is 8.46. The Hall–Kier alpha value is -2.17. The first-order chi connectivity index (χ1) is 13.3. The summed E-state index contributed by atoms with van der Waals surface area (Å²) in [6.07, 6.45) is 5.42. The van der Waals surface area contributed by atoms with Crippen LogP contribution in [0.25, 0.3) is 0 Å². The van der Waals surface area contributed by atoms with E-state index in [1.165, 1.54) is 12.8 Å². The molecule has 2 amide bonds. The molecule has 0 N–H and O–H groups in total. The number of hydrogen-bond donors (Lipinski definition) is 0. The number of piperazine rings is 1. The maximum atomic E-state index is 12.6. The first kappa shape index (κ1) is 20.6. The summed E-state index contributed by atoms with van der Waals surface area (Å²) in [7, 11) is 0. The number of carbonyl (C=O) groups is 3. The highest BCUT2D eigenvalue weighted by atomic mass is 16.2. The van der Waals surface area contributed by atoms with Crippen LogP contribution >= 0.6 is 0 Å². The molecule has 1 aromatic rings. The van der Waals surface area contributed by atoms with Crippen molar-refractivity contribution in [2.75, 3.05) is 26.2 Å². The van der Waals surface area contributed by atoms with Crippen molar-refractivity contribution >= 4 is 17.6 Å². The van der Waals surface area contributed by atoms with E-state index in [9.17, 15) is 14.4 Å². The number of ketones is 1. The summed E-state index contributed by atoms with van der Waals surface area (Å²) in [5.74, 6) is -0.203. The van der Waals surface area contributed by atoms with Gasteiger partial charge in [-0.05, 0) is 29.7 Å². The predicted molar refractivity (Wildman–Crippen MR) is 109 cm³/mol. The number of Topliss-reactive ketones (excluding diaryl/α,β-unsaturated/α-hetero) is 1. The molecule has 0 unspecified atom stereocenters. The fourth-order valence-electron chi connectivity index (χ4n) is 4.14. The Balaban J connectivity index is 1.52. The highest BCUT2D eigenvalue weighted by Crippen LogP contribution is 2.28. The zero-order valence-electron chi connectivity index (χ0n) is 17.4. The Labute approximate surface area is 168 Å². The molecule has 1 aliphatic carbocycles. The van der Waals surface area contributed by atoms with Crippen LogP contribution in [0.1, 0.15) is 68.8 Å². The van der Waals surface area contributed by atoms with Gasteiger partial charge < -0.3 is 9.80 Å². The molecule has 5 heteroatoms. The zero-order valence-corrected chi connectivity index (χ0v) is 17.4. The summed E-state index contributed by atoms with van der Waals surface area (Å²) in [5.41, 5.74) is 1.57. The van der Waals surface area contributed by atoms with Gasteiger partial charge in [-0.25, -0.2) is 0 Å². The molecule has 5 nitrogen and oxygen atoms in total. The molecule has 1 saturated heterocycles. The van der Waals surface area contributed by atoms with E-state index in [0.717, 1.165) is 18.4 Å². The third kappa shape index (κ3) is 4.81. The number of amides is 2. The molecular weight excluding hydrogens is 352 g/mol. The average Bonchev–Trinajstić information content (AvgIpc) is 3.19. The average molecular weight is 385 g/mol. The Morgan fingerprint density at radius 3 is 1.96 bits per heavy atom. The molecule has 152 valence electrons. The lowest BCUT2D eigenvalue weighted by atomic mass is 9.86. The molecule has 28 heavy (non-hydrogen) atoms. The maximum Gasteiger partial charge on any atom is 0.295 e. The van der Waals surface area contributed by atoms with Crippen molar-refractivity contribution in [2.45, 2.75) is 58.3 Å². The molecule has 1 heterocycles. The molecule has 1 saturated carbocycles. The number of hydrogen-bond acceptors (Lipinski definition) is 3. The number of nitrogens with zero attached hydrogens (tertiary/aromatic N) is 2. The predicted octanol–water partition coefficient (Wildman–Crippen LogP) is 3.42. The van der Waals surface area contributed by atoms with Gasteiger partial charge in [0.2, 0.25) is 11.7 Å². The highest BCUT2D eigenvalue weighted by Gasteiger charge is 2.30. The van der Waals surface area contributed by atoms with Crippen LogP contribution in [0.15, 0.2) is 24.3 Å². The monoisotopic (exact) mass is 384 g/mol. The maximum absolute atomic E-state index is 12.6. The van der Waals surface area contributed by atoms with E-state index in [1.807, 2.05) is 17.0 Å². The Morgan fingerprint density at radius 2 is 1.43 bits per heavy atom. The van der Waals surface area contributed by atoms with Crippen molar-refractivity contribution in [3.05, 3.63) is 35.4 Å². The van der Waals surface area contributed by atoms with Gasteiger partial charge in [0.05, 0.1) is 0 Å². The fourth-order valence-corrected chi connectivity index (χ4v) is 4.14. The summed E-state index contributed by atoms with van der Waals surface area (Å²) in [6.45, 7) is 8.25. The van der Waals surface area contributed by atoms with Gasteiger partial charge in [0.25, 0.3) is 5.91 Å². The highest BCUT2D eigenvalue weighted by molar-refractivity contribution is 6.42. The molecule has 2 fully saturated rings. The second-order valence-electron chi connectivity index (χ2n) is 9.18. The number of carbonyl (C=O) groups excluding carboxylic acids is 3. The van der Waals surface area contributed by atoms with Crippen LogP contribution in [0.3, 0.4) is 0 Å². The van der Waals surface area contributed by atoms with Gasteiger partial charge in [0.15, 0.2) is 0 Å². The molecule has 1 aliphatic heterocycles. The number of rotatable bonds is 4. The van der Waals surface area contributed by atoms with Gasteiger partial charge in [-0.1, -0.05) is 57.9 Å². The van der Waals surface area contributed by atoms with Crippen LogP contribution < -0.4 is 0 Å². The van der Waals surface area contributed by atoms with E-state index in [2.05, 4.69) is 20.8 Å². The van der Waals surface area contributed by atoms with E-state index in [0.29, 0.717) is 44.1 Å². The lowest BCUT2D eigenvalue weighted by Crippen LogP contribution is -2.52. The summed E-state index contributed by atoms with van der Waals surface area (Å²) in [6, 6.07) is 7.31. The van der Waals surface area contributed by atoms with Crippen LogP contribution in [0.4, 0.5) is 0 Å². The minimum Gasteiger partial charge on any atom is -0.339 e. The summed E-state index contributed by atoms with van der Waals surface area (Å²) in [4.78, 5) is 41.1. The van der Waals surface area contributed by atoms with Gasteiger partial charge in [-0.3, -0.25) is 14.4 Å². The SMILES string of the molecule is CC(C)(C)c1ccc(C(=O)C(=O)N2CCN(C(=O)CC3CCCC3)CC2)cc1. The molecular formula is C23H32N2O3. The Kier molecular flexibility index (Phi) is 6.21. The topological polar surface area (TPSA) is 57.7 Å². The first-order valence-corrected chi connectivity index (χ1v) is 10.5. The normalized spacial score (nSPS) is 18.4. The lowest BCUT2D eigenvalue weighted by Gasteiger charge is -2.35. The van der Waals surface area contributed by atoms with E-state index >= 15 is 0 Å². The molecule has 0 atom stereocenters. The van der Waals surface area contributed by atoms with Crippen molar-refractivity contribution in [3.63, 3.8) is 0 Å². The van der Waals surface area contributed by atoms with Crippen LogP contribution in [0, 0.1) is 5.92 Å². The molecule has 0 radical (unpaired) electrons. The molecule has 0 aromatic heterocycles. The van der Waals surface area contributed by atoms with Gasteiger partial charge >= 0.3 is 0 Å². The summed E-state index contributed by atoms with van der Waals surface area (Å²) in [5, 5.41) is 0. The Bertz CT molecular complexity index is 719. The summed E-state index contributed by atoms with van der Waals surface area (Å²) >= 11 is 0. The third-order valence-electron chi connectivity index (χ3n) is 6.06. The van der Waals surface area contributed by atoms with E-state index in [4.69, 9.17) is 0 Å². The minimum absolute atomic E-state index is 0.00689. The quantitative estimate of drug-likeness (QED) is 0.590. The van der Waals surface area contributed by atoms with Crippen LogP contribution in [0.5, 0.6) is 0 Å². The first-order valence-electron chi connectivity index (χ1n) is 10.5. The van der Waals surface area contributed by atoms with Gasteiger partial charge in [-0.2, -0.15) is 0 Å². The van der Waals surface area contributed by atoms with E-state index in [1.54, 1.807) is 17.0 Å². The smallest absolute Gasteiger partial charge is 0.295 e. The van der Waals surface area contributed by atoms with Gasteiger partial charge in [0, 0.05) is 38.2 Å². The standard InChI is InChI=1S/C23H32N2O3/c1-23(2,3)19-10-8-18(9-11-19)21(27)22(28)25-14-12-24(13-15-25)20(26)16-17-6-4-5-7-17/h8-11,17H,4-7,12-16H2,1-3H3. The molecule has 3 rings (SSSR count). The summed E-state index contributed by atoms with van der Waals surface area (Å²) < 4.78 is 0. The second-order valence-corrected chi connectivity index (χ2v) is 9.18. The minimum atomic E-state index is -0.466. The van der Waals surface area contributed by atoms with Crippen molar-refractivity contribution in [2.24, 2.45) is 5.92 Å². The van der Waals surface area contributed by atoms with Gasteiger partial charge in [0.1, 0.15) is 0 Å². The zero-order chi connectivity index (χ0) is 20.3. The van der Waals surface area contributed by atoms with Gasteiger partial charge in [-0.15, -0.1) is 0 Å². The lowest BCUT2D eigenvalue weighted by molar-refractivity contribution is -0.138. The third-order valence-corrected chi connectivity index (χ3v) is 6.06. The molecule has 0 bridgehead atoms. The van der Waals surface area contributed by atoms with Crippen molar-refractivity contribution in [1.29, 1.82) is 0 Å². The van der Waals surface area contributed by atoms with Crippen LogP contribution in [-0.4, -0.2) is 53.6 Å². The van der Waals surface area contributed by atoms with E-state index < -0.39 is 11.7 Å². The largest absolute Gasteiger partial charge is 0.339 e. The van der Waals surface area contributed by atoms with Crippen molar-refractivity contribution in [1.82, 2.24) is 9.80 Å². The van der Waals surface area contributed by atoms with Crippen molar-refractivity contribution < 1.29 is 14.4 Å². The van der Waals surface area contributed by atoms with E-state index in [-0.39, 0.29) is 11.3 Å². The number of benzene rings is 1. The molecule has 0 spiro atoms.